The second kappa shape index (κ2) is 6.82. The van der Waals surface area contributed by atoms with Gasteiger partial charge in [-0.15, -0.1) is 0 Å². The van der Waals surface area contributed by atoms with Crippen LogP contribution in [-0.4, -0.2) is 23.0 Å². The van der Waals surface area contributed by atoms with Crippen molar-refractivity contribution in [2.75, 3.05) is 12.4 Å². The van der Waals surface area contributed by atoms with E-state index >= 15 is 0 Å². The number of hydrogen-bond donors (Lipinski definition) is 1. The summed E-state index contributed by atoms with van der Waals surface area (Å²) in [6.07, 6.45) is 2.92. The SMILES string of the molecule is COC(=O)c1cnc(Nc2cc(C(C)(C)C)cc(C(C)(C)C)c2)nc1. The van der Waals surface area contributed by atoms with E-state index in [1.54, 1.807) is 0 Å². The molecule has 0 radical (unpaired) electrons. The van der Waals surface area contributed by atoms with Crippen molar-refractivity contribution in [3.05, 3.63) is 47.3 Å². The van der Waals surface area contributed by atoms with Crippen molar-refractivity contribution in [3.63, 3.8) is 0 Å². The van der Waals surface area contributed by atoms with Gasteiger partial charge in [0, 0.05) is 18.1 Å². The van der Waals surface area contributed by atoms with Crippen molar-refractivity contribution in [2.45, 2.75) is 52.4 Å². The van der Waals surface area contributed by atoms with Gasteiger partial charge in [-0.05, 0) is 34.1 Å². The minimum Gasteiger partial charge on any atom is -0.465 e. The number of rotatable bonds is 3. The lowest BCUT2D eigenvalue weighted by Crippen LogP contribution is -2.17. The van der Waals surface area contributed by atoms with E-state index in [1.165, 1.54) is 30.6 Å². The lowest BCUT2D eigenvalue weighted by atomic mass is 9.80. The molecule has 0 spiro atoms. The number of ether oxygens (including phenoxy) is 1. The number of nitrogens with one attached hydrogen (secondary N) is 1. The molecule has 0 bridgehead atoms. The molecule has 0 aliphatic carbocycles. The zero-order chi connectivity index (χ0) is 18.8. The molecule has 2 rings (SSSR count). The topological polar surface area (TPSA) is 64.1 Å². The first kappa shape index (κ1) is 18.9. The zero-order valence-electron chi connectivity index (χ0n) is 16.1. The van der Waals surface area contributed by atoms with E-state index in [1.807, 2.05) is 0 Å². The van der Waals surface area contributed by atoms with E-state index in [0.29, 0.717) is 11.5 Å². The van der Waals surface area contributed by atoms with Gasteiger partial charge < -0.3 is 10.1 Å². The number of hydrogen-bond acceptors (Lipinski definition) is 5. The highest BCUT2D eigenvalue weighted by atomic mass is 16.5. The van der Waals surface area contributed by atoms with Gasteiger partial charge in [-0.1, -0.05) is 47.6 Å². The summed E-state index contributed by atoms with van der Waals surface area (Å²) >= 11 is 0. The number of esters is 1. The maximum Gasteiger partial charge on any atom is 0.341 e. The molecule has 0 aliphatic rings. The molecule has 5 nitrogen and oxygen atoms in total. The molecule has 1 aromatic carbocycles. The molecule has 0 unspecified atom stereocenters. The van der Waals surface area contributed by atoms with Crippen molar-refractivity contribution < 1.29 is 9.53 Å². The Hall–Kier alpha value is -2.43. The molecule has 1 N–H and O–H groups in total. The van der Waals surface area contributed by atoms with Gasteiger partial charge >= 0.3 is 5.97 Å². The number of anilines is 2. The lowest BCUT2D eigenvalue weighted by Gasteiger charge is -2.26. The van der Waals surface area contributed by atoms with Crippen LogP contribution in [0.15, 0.2) is 30.6 Å². The number of carbonyl (C=O) groups excluding carboxylic acids is 1. The smallest absolute Gasteiger partial charge is 0.341 e. The van der Waals surface area contributed by atoms with E-state index in [-0.39, 0.29) is 10.8 Å². The highest BCUT2D eigenvalue weighted by molar-refractivity contribution is 5.88. The molecule has 0 amide bonds. The highest BCUT2D eigenvalue weighted by Gasteiger charge is 2.20. The summed E-state index contributed by atoms with van der Waals surface area (Å²) in [6, 6.07) is 6.49. The first-order chi connectivity index (χ1) is 11.5. The largest absolute Gasteiger partial charge is 0.465 e. The zero-order valence-corrected chi connectivity index (χ0v) is 16.1. The van der Waals surface area contributed by atoms with Crippen LogP contribution in [0.5, 0.6) is 0 Å². The number of carbonyl (C=O) groups is 1. The van der Waals surface area contributed by atoms with E-state index in [9.17, 15) is 4.79 Å². The third-order valence-electron chi connectivity index (χ3n) is 3.99. The van der Waals surface area contributed by atoms with Crippen molar-refractivity contribution >= 4 is 17.6 Å². The minimum absolute atomic E-state index is 0.0350. The van der Waals surface area contributed by atoms with Crippen molar-refractivity contribution in [3.8, 4) is 0 Å². The first-order valence-electron chi connectivity index (χ1n) is 8.34. The third kappa shape index (κ3) is 4.78. The molecule has 0 saturated carbocycles. The predicted octanol–water partition coefficient (Wildman–Crippen LogP) is 4.60. The Balaban J connectivity index is 2.37. The Bertz CT molecular complexity index is 722. The Morgan fingerprint density at radius 2 is 1.40 bits per heavy atom. The van der Waals surface area contributed by atoms with Crippen LogP contribution in [0.4, 0.5) is 11.6 Å². The van der Waals surface area contributed by atoms with Gasteiger partial charge in [0.25, 0.3) is 0 Å². The summed E-state index contributed by atoms with van der Waals surface area (Å²) < 4.78 is 4.66. The van der Waals surface area contributed by atoms with Crippen molar-refractivity contribution in [2.24, 2.45) is 0 Å². The Morgan fingerprint density at radius 1 is 0.920 bits per heavy atom. The number of aromatic nitrogens is 2. The fourth-order valence-corrected chi connectivity index (χ4v) is 2.31. The molecule has 134 valence electrons. The molecule has 0 aliphatic heterocycles. The average molecular weight is 341 g/mol. The monoisotopic (exact) mass is 341 g/mol. The van der Waals surface area contributed by atoms with Crippen molar-refractivity contribution in [1.82, 2.24) is 9.97 Å². The Kier molecular flexibility index (Phi) is 5.16. The van der Waals surface area contributed by atoms with Gasteiger partial charge in [-0.3, -0.25) is 0 Å². The molecule has 1 heterocycles. The van der Waals surface area contributed by atoms with Crippen LogP contribution < -0.4 is 5.32 Å². The molecular formula is C20H27N3O2. The second-order valence-corrected chi connectivity index (χ2v) is 8.21. The summed E-state index contributed by atoms with van der Waals surface area (Å²) in [5, 5.41) is 3.24. The summed E-state index contributed by atoms with van der Waals surface area (Å²) in [5.41, 5.74) is 3.82. The molecule has 2 aromatic rings. The van der Waals surface area contributed by atoms with Crippen LogP contribution in [0.1, 0.15) is 63.0 Å². The molecule has 0 saturated heterocycles. The summed E-state index contributed by atoms with van der Waals surface area (Å²) in [4.78, 5) is 19.9. The average Bonchev–Trinajstić information content (AvgIpc) is 2.53. The summed E-state index contributed by atoms with van der Waals surface area (Å²) in [7, 11) is 1.33. The van der Waals surface area contributed by atoms with Crippen molar-refractivity contribution in [1.29, 1.82) is 0 Å². The Morgan fingerprint density at radius 3 is 1.80 bits per heavy atom. The van der Waals surface area contributed by atoms with E-state index in [2.05, 4.69) is 79.8 Å². The summed E-state index contributed by atoms with van der Waals surface area (Å²) in [5.74, 6) is -0.00475. The number of benzene rings is 1. The van der Waals surface area contributed by atoms with Crippen LogP contribution in [-0.2, 0) is 15.6 Å². The minimum atomic E-state index is -0.448. The maximum absolute atomic E-state index is 11.5. The molecule has 5 heteroatoms. The number of nitrogens with zero attached hydrogens (tertiary/aromatic N) is 2. The Labute approximate surface area is 149 Å². The van der Waals surface area contributed by atoms with E-state index < -0.39 is 5.97 Å². The molecule has 0 fully saturated rings. The van der Waals surface area contributed by atoms with Crippen LogP contribution in [0.3, 0.4) is 0 Å². The lowest BCUT2D eigenvalue weighted by molar-refractivity contribution is 0.0600. The maximum atomic E-state index is 11.5. The molecule has 0 atom stereocenters. The molecule has 25 heavy (non-hydrogen) atoms. The fourth-order valence-electron chi connectivity index (χ4n) is 2.31. The third-order valence-corrected chi connectivity index (χ3v) is 3.99. The number of methoxy groups -OCH3 is 1. The molecule has 1 aromatic heterocycles. The van der Waals surface area contributed by atoms with Crippen LogP contribution in [0.2, 0.25) is 0 Å². The first-order valence-corrected chi connectivity index (χ1v) is 8.34. The van der Waals surface area contributed by atoms with Crippen LogP contribution in [0.25, 0.3) is 0 Å². The summed E-state index contributed by atoms with van der Waals surface area (Å²) in [6.45, 7) is 13.2. The standard InChI is InChI=1S/C20H27N3O2/c1-19(2,3)14-8-15(20(4,5)6)10-16(9-14)23-18-21-11-13(12-22-18)17(24)25-7/h8-12H,1-7H3,(H,21,22,23). The van der Waals surface area contributed by atoms with Gasteiger partial charge in [0.2, 0.25) is 5.95 Å². The molecular weight excluding hydrogens is 314 g/mol. The fraction of sp³-hybridized carbons (Fsp3) is 0.450. The van der Waals surface area contributed by atoms with Gasteiger partial charge in [0.1, 0.15) is 0 Å². The normalized spacial score (nSPS) is 12.0. The van der Waals surface area contributed by atoms with Gasteiger partial charge in [-0.2, -0.15) is 0 Å². The van der Waals surface area contributed by atoms with Gasteiger partial charge in [0.15, 0.2) is 0 Å². The van der Waals surface area contributed by atoms with Crippen LogP contribution >= 0.6 is 0 Å². The van der Waals surface area contributed by atoms with Crippen LogP contribution in [0, 0.1) is 0 Å². The van der Waals surface area contributed by atoms with Gasteiger partial charge in [-0.25, -0.2) is 14.8 Å². The second-order valence-electron chi connectivity index (χ2n) is 8.21. The predicted molar refractivity (Wildman–Crippen MR) is 100 cm³/mol. The van der Waals surface area contributed by atoms with E-state index in [4.69, 9.17) is 0 Å². The quantitative estimate of drug-likeness (QED) is 0.827. The van der Waals surface area contributed by atoms with Gasteiger partial charge in [0.05, 0.1) is 12.7 Å². The van der Waals surface area contributed by atoms with E-state index in [0.717, 1.165) is 5.69 Å². The highest BCUT2D eigenvalue weighted by Crippen LogP contribution is 2.32.